The predicted octanol–water partition coefficient (Wildman–Crippen LogP) is 3.42. The van der Waals surface area contributed by atoms with Gasteiger partial charge in [-0.15, -0.1) is 11.8 Å². The molecular formula is C23H29N3O3S. The zero-order chi connectivity index (χ0) is 22.1. The molecule has 2 aromatic carbocycles. The lowest BCUT2D eigenvalue weighted by Gasteiger charge is -2.21. The molecule has 7 heteroatoms. The van der Waals surface area contributed by atoms with Crippen molar-refractivity contribution < 1.29 is 14.4 Å². The smallest absolute Gasteiger partial charge is 0.253 e. The largest absolute Gasteiger partial charge is 0.345 e. The van der Waals surface area contributed by atoms with Crippen LogP contribution >= 0.6 is 11.8 Å². The summed E-state index contributed by atoms with van der Waals surface area (Å²) >= 11 is 1.30. The summed E-state index contributed by atoms with van der Waals surface area (Å²) in [4.78, 5) is 39.9. The molecule has 30 heavy (non-hydrogen) atoms. The Morgan fingerprint density at radius 2 is 1.70 bits per heavy atom. The first kappa shape index (κ1) is 23.5. The molecule has 2 rings (SSSR count). The number of hydrogen-bond acceptors (Lipinski definition) is 4. The number of carbonyl (C=O) groups excluding carboxylic acids is 3. The summed E-state index contributed by atoms with van der Waals surface area (Å²) < 4.78 is 0. The van der Waals surface area contributed by atoms with Gasteiger partial charge in [0.1, 0.15) is 0 Å². The second-order valence-electron chi connectivity index (χ2n) is 7.21. The van der Waals surface area contributed by atoms with E-state index in [0.717, 1.165) is 16.8 Å². The number of carbonyl (C=O) groups is 3. The van der Waals surface area contributed by atoms with E-state index in [1.807, 2.05) is 50.2 Å². The number of aryl methyl sites for hydroxylation is 1. The number of anilines is 1. The maximum absolute atomic E-state index is 12.5. The molecule has 0 fully saturated rings. The molecule has 160 valence electrons. The fourth-order valence-electron chi connectivity index (χ4n) is 2.85. The van der Waals surface area contributed by atoms with Crippen molar-refractivity contribution in [2.45, 2.75) is 20.4 Å². The summed E-state index contributed by atoms with van der Waals surface area (Å²) in [7, 11) is 3.43. The molecule has 0 aliphatic heterocycles. The molecule has 0 saturated heterocycles. The summed E-state index contributed by atoms with van der Waals surface area (Å²) in [6, 6.07) is 14.9. The van der Waals surface area contributed by atoms with Crippen molar-refractivity contribution in [3.63, 3.8) is 0 Å². The maximum atomic E-state index is 12.5. The Labute approximate surface area is 182 Å². The molecule has 2 aromatic rings. The van der Waals surface area contributed by atoms with Crippen molar-refractivity contribution in [3.8, 4) is 0 Å². The number of nitrogens with zero attached hydrogens (tertiary/aromatic N) is 2. The molecule has 0 saturated carbocycles. The van der Waals surface area contributed by atoms with Crippen LogP contribution in [0.3, 0.4) is 0 Å². The third-order valence-electron chi connectivity index (χ3n) is 4.48. The second kappa shape index (κ2) is 11.4. The third kappa shape index (κ3) is 7.22. The Balaban J connectivity index is 1.81. The summed E-state index contributed by atoms with van der Waals surface area (Å²) in [6.45, 7) is 4.95. The van der Waals surface area contributed by atoms with Crippen LogP contribution in [0.5, 0.6) is 0 Å². The number of hydrogen-bond donors (Lipinski definition) is 1. The van der Waals surface area contributed by atoms with Gasteiger partial charge in [-0.05, 0) is 49.2 Å². The lowest BCUT2D eigenvalue weighted by Crippen LogP contribution is -2.32. The third-order valence-corrected chi connectivity index (χ3v) is 5.39. The van der Waals surface area contributed by atoms with Gasteiger partial charge in [0.2, 0.25) is 11.8 Å². The molecule has 0 aromatic heterocycles. The lowest BCUT2D eigenvalue weighted by atomic mass is 10.1. The minimum absolute atomic E-state index is 0.0145. The van der Waals surface area contributed by atoms with Crippen LogP contribution in [0.1, 0.15) is 28.4 Å². The van der Waals surface area contributed by atoms with E-state index in [1.54, 1.807) is 31.1 Å². The van der Waals surface area contributed by atoms with Gasteiger partial charge in [0.15, 0.2) is 0 Å². The highest BCUT2D eigenvalue weighted by Crippen LogP contribution is 2.13. The van der Waals surface area contributed by atoms with Gasteiger partial charge < -0.3 is 15.1 Å². The number of benzene rings is 2. The number of nitrogens with one attached hydrogen (secondary N) is 1. The van der Waals surface area contributed by atoms with Gasteiger partial charge in [-0.25, -0.2) is 0 Å². The first-order valence-electron chi connectivity index (χ1n) is 9.82. The highest BCUT2D eigenvalue weighted by molar-refractivity contribution is 8.00. The molecule has 6 nitrogen and oxygen atoms in total. The van der Waals surface area contributed by atoms with Crippen LogP contribution in [0, 0.1) is 6.92 Å². The van der Waals surface area contributed by atoms with E-state index in [-0.39, 0.29) is 29.2 Å². The minimum Gasteiger partial charge on any atom is -0.345 e. The normalized spacial score (nSPS) is 10.4. The Morgan fingerprint density at radius 1 is 1.00 bits per heavy atom. The van der Waals surface area contributed by atoms with E-state index in [0.29, 0.717) is 18.7 Å². The first-order chi connectivity index (χ1) is 14.3. The van der Waals surface area contributed by atoms with E-state index >= 15 is 0 Å². The highest BCUT2D eigenvalue weighted by atomic mass is 32.2. The standard InChI is InChI=1S/C23H29N3O3S/c1-5-26(14-18-9-11-19(12-10-18)23(29)25(3)4)22(28)16-30-15-21(27)24-20-8-6-7-17(2)13-20/h6-13H,5,14-16H2,1-4H3,(H,24,27). The average molecular weight is 428 g/mol. The van der Waals surface area contributed by atoms with Crippen LogP contribution in [-0.4, -0.2) is 59.7 Å². The van der Waals surface area contributed by atoms with Crippen molar-refractivity contribution in [2.24, 2.45) is 0 Å². The van der Waals surface area contributed by atoms with E-state index in [9.17, 15) is 14.4 Å². The van der Waals surface area contributed by atoms with Crippen LogP contribution in [0.25, 0.3) is 0 Å². The van der Waals surface area contributed by atoms with E-state index in [4.69, 9.17) is 0 Å². The van der Waals surface area contributed by atoms with Crippen molar-refractivity contribution in [3.05, 3.63) is 65.2 Å². The van der Waals surface area contributed by atoms with E-state index < -0.39 is 0 Å². The Kier molecular flexibility index (Phi) is 8.92. The van der Waals surface area contributed by atoms with E-state index in [2.05, 4.69) is 5.32 Å². The SMILES string of the molecule is CCN(Cc1ccc(C(=O)N(C)C)cc1)C(=O)CSCC(=O)Nc1cccc(C)c1. The van der Waals surface area contributed by atoms with Gasteiger partial charge in [-0.1, -0.05) is 24.3 Å². The zero-order valence-electron chi connectivity index (χ0n) is 18.0. The fourth-order valence-corrected chi connectivity index (χ4v) is 3.57. The van der Waals surface area contributed by atoms with Crippen molar-refractivity contribution in [2.75, 3.05) is 37.5 Å². The van der Waals surface area contributed by atoms with Gasteiger partial charge >= 0.3 is 0 Å². The second-order valence-corrected chi connectivity index (χ2v) is 8.20. The molecule has 0 atom stereocenters. The molecule has 0 aliphatic rings. The first-order valence-corrected chi connectivity index (χ1v) is 11.0. The van der Waals surface area contributed by atoms with Crippen LogP contribution in [0.2, 0.25) is 0 Å². The van der Waals surface area contributed by atoms with Crippen LogP contribution in [0.4, 0.5) is 5.69 Å². The number of amides is 3. The van der Waals surface area contributed by atoms with Crippen molar-refractivity contribution in [1.29, 1.82) is 0 Å². The highest BCUT2D eigenvalue weighted by Gasteiger charge is 2.14. The van der Waals surface area contributed by atoms with E-state index in [1.165, 1.54) is 16.7 Å². The van der Waals surface area contributed by atoms with Crippen LogP contribution < -0.4 is 5.32 Å². The summed E-state index contributed by atoms with van der Waals surface area (Å²) in [6.07, 6.45) is 0. The van der Waals surface area contributed by atoms with Crippen LogP contribution in [-0.2, 0) is 16.1 Å². The zero-order valence-corrected chi connectivity index (χ0v) is 18.8. The van der Waals surface area contributed by atoms with Gasteiger partial charge in [-0.2, -0.15) is 0 Å². The Hall–Kier alpha value is -2.80. The van der Waals surface area contributed by atoms with Crippen molar-refractivity contribution in [1.82, 2.24) is 9.80 Å². The van der Waals surface area contributed by atoms with Crippen molar-refractivity contribution >= 4 is 35.2 Å². The van der Waals surface area contributed by atoms with Gasteiger partial charge in [0.05, 0.1) is 11.5 Å². The maximum Gasteiger partial charge on any atom is 0.253 e. The summed E-state index contributed by atoms with van der Waals surface area (Å²) in [5.41, 5.74) is 3.42. The molecule has 0 aliphatic carbocycles. The monoisotopic (exact) mass is 427 g/mol. The molecule has 0 unspecified atom stereocenters. The fraction of sp³-hybridized carbons (Fsp3) is 0.348. The van der Waals surface area contributed by atoms with Crippen LogP contribution in [0.15, 0.2) is 48.5 Å². The number of thioether (sulfide) groups is 1. The lowest BCUT2D eigenvalue weighted by molar-refractivity contribution is -0.128. The van der Waals surface area contributed by atoms with Gasteiger partial charge in [0.25, 0.3) is 5.91 Å². The topological polar surface area (TPSA) is 69.7 Å². The molecule has 0 radical (unpaired) electrons. The predicted molar refractivity (Wildman–Crippen MR) is 123 cm³/mol. The quantitative estimate of drug-likeness (QED) is 0.666. The molecule has 0 spiro atoms. The molecule has 0 bridgehead atoms. The molecular weight excluding hydrogens is 398 g/mol. The minimum atomic E-state index is -0.123. The van der Waals surface area contributed by atoms with Gasteiger partial charge in [0, 0.05) is 38.4 Å². The molecule has 1 N–H and O–H groups in total. The molecule has 0 heterocycles. The van der Waals surface area contributed by atoms with Gasteiger partial charge in [-0.3, -0.25) is 14.4 Å². The Morgan fingerprint density at radius 3 is 2.30 bits per heavy atom. The average Bonchev–Trinajstić information content (AvgIpc) is 2.71. The summed E-state index contributed by atoms with van der Waals surface area (Å²) in [5, 5.41) is 2.85. The molecule has 3 amide bonds. The Bertz CT molecular complexity index is 882. The number of rotatable bonds is 9. The summed E-state index contributed by atoms with van der Waals surface area (Å²) in [5.74, 6) is 0.275.